The van der Waals surface area contributed by atoms with E-state index in [4.69, 9.17) is 9.47 Å². The van der Waals surface area contributed by atoms with Gasteiger partial charge in [-0.15, -0.1) is 11.3 Å². The normalized spacial score (nSPS) is 11.1. The molecule has 0 radical (unpaired) electrons. The largest absolute Gasteiger partial charge is 0.504 e. The predicted molar refractivity (Wildman–Crippen MR) is 141 cm³/mol. The quantitative estimate of drug-likeness (QED) is 0.128. The topological polar surface area (TPSA) is 136 Å². The van der Waals surface area contributed by atoms with Crippen molar-refractivity contribution in [2.75, 3.05) is 25.3 Å². The number of para-hydroxylation sites is 1. The van der Waals surface area contributed by atoms with E-state index in [1.807, 2.05) is 12.1 Å². The number of aromatic nitrogens is 1. The van der Waals surface area contributed by atoms with Crippen LogP contribution in [0.15, 0.2) is 63.9 Å². The number of phenolic OH excluding ortho intramolecular Hbond substituents is 1. The summed E-state index contributed by atoms with van der Waals surface area (Å²) >= 11 is 2.64. The molecule has 4 rings (SSSR count). The lowest BCUT2D eigenvalue weighted by molar-refractivity contribution is -0.384. The van der Waals surface area contributed by atoms with E-state index in [0.717, 1.165) is 10.2 Å². The zero-order valence-corrected chi connectivity index (χ0v) is 20.8. The number of thioether (sulfide) groups is 1. The lowest BCUT2D eigenvalue weighted by Crippen LogP contribution is -2.15. The number of benzene rings is 3. The highest BCUT2D eigenvalue weighted by atomic mass is 32.2. The maximum atomic E-state index is 12.4. The van der Waals surface area contributed by atoms with E-state index in [1.165, 1.54) is 49.5 Å². The molecule has 36 heavy (non-hydrogen) atoms. The fourth-order valence-corrected chi connectivity index (χ4v) is 5.10. The van der Waals surface area contributed by atoms with Crippen LogP contribution in [0.25, 0.3) is 10.2 Å². The van der Waals surface area contributed by atoms with Crippen molar-refractivity contribution in [2.45, 2.75) is 4.34 Å². The third kappa shape index (κ3) is 5.73. The average molecular weight is 525 g/mol. The molecule has 1 amide bonds. The van der Waals surface area contributed by atoms with Gasteiger partial charge in [0.1, 0.15) is 11.4 Å². The number of nitro benzene ring substituents is 1. The van der Waals surface area contributed by atoms with E-state index in [1.54, 1.807) is 36.5 Å². The minimum absolute atomic E-state index is 0.0135. The molecule has 0 atom stereocenters. The molecule has 0 saturated carbocycles. The molecule has 4 aromatic rings. The van der Waals surface area contributed by atoms with Gasteiger partial charge in [-0.05, 0) is 42.5 Å². The van der Waals surface area contributed by atoms with Gasteiger partial charge in [0.15, 0.2) is 15.8 Å². The smallest absolute Gasteiger partial charge is 0.296 e. The number of phenols is 1. The van der Waals surface area contributed by atoms with Gasteiger partial charge in [-0.25, -0.2) is 4.98 Å². The lowest BCUT2D eigenvalue weighted by atomic mass is 10.2. The number of fused-ring (bicyclic) bond motifs is 1. The van der Waals surface area contributed by atoms with Crippen molar-refractivity contribution in [3.63, 3.8) is 0 Å². The number of nitrogens with one attached hydrogen (secondary N) is 1. The molecule has 0 saturated heterocycles. The van der Waals surface area contributed by atoms with Crippen LogP contribution in [0.2, 0.25) is 0 Å². The number of hydrogen-bond donors (Lipinski definition) is 2. The summed E-state index contributed by atoms with van der Waals surface area (Å²) in [6, 6.07) is 14.9. The van der Waals surface area contributed by atoms with Crippen molar-refractivity contribution in [3.05, 3.63) is 70.3 Å². The molecule has 1 heterocycles. The molecule has 0 aliphatic heterocycles. The zero-order valence-electron chi connectivity index (χ0n) is 19.1. The Hall–Kier alpha value is -4.16. The summed E-state index contributed by atoms with van der Waals surface area (Å²) in [6.07, 6.45) is 1.55. The number of thiazole rings is 1. The number of amides is 1. The van der Waals surface area contributed by atoms with Crippen LogP contribution in [0.5, 0.6) is 17.2 Å². The fourth-order valence-electron chi connectivity index (χ4n) is 3.20. The standard InChI is InChI=1S/C24H20N4O6S2/c1-33-16-7-9-17(19(11-16)28(31)32)26-22(29)13-35-24-27-18-8-6-15(10-21(18)36-24)25-12-14-4-3-5-20(34-2)23(14)30/h3-12,30H,13H2,1-2H3,(H,26,29). The highest BCUT2D eigenvalue weighted by Crippen LogP contribution is 2.34. The van der Waals surface area contributed by atoms with Crippen molar-refractivity contribution in [1.82, 2.24) is 4.98 Å². The van der Waals surface area contributed by atoms with E-state index in [0.29, 0.717) is 27.1 Å². The van der Waals surface area contributed by atoms with Gasteiger partial charge in [0.25, 0.3) is 5.69 Å². The molecule has 1 aromatic heterocycles. The number of rotatable bonds is 9. The Morgan fingerprint density at radius 1 is 1.22 bits per heavy atom. The third-order valence-corrected chi connectivity index (χ3v) is 7.12. The maximum Gasteiger partial charge on any atom is 0.296 e. The van der Waals surface area contributed by atoms with Crippen LogP contribution in [0, 0.1) is 10.1 Å². The van der Waals surface area contributed by atoms with Gasteiger partial charge in [0, 0.05) is 11.8 Å². The van der Waals surface area contributed by atoms with Gasteiger partial charge in [-0.1, -0.05) is 17.8 Å². The van der Waals surface area contributed by atoms with Crippen LogP contribution >= 0.6 is 23.1 Å². The number of ether oxygens (including phenoxy) is 2. The van der Waals surface area contributed by atoms with Crippen molar-refractivity contribution in [3.8, 4) is 17.2 Å². The summed E-state index contributed by atoms with van der Waals surface area (Å²) in [5, 5.41) is 24.1. The predicted octanol–water partition coefficient (Wildman–Crippen LogP) is 5.41. The first-order valence-electron chi connectivity index (χ1n) is 10.4. The summed E-state index contributed by atoms with van der Waals surface area (Å²) in [7, 11) is 2.89. The highest BCUT2D eigenvalue weighted by molar-refractivity contribution is 8.01. The first kappa shape index (κ1) is 24.9. The molecule has 0 spiro atoms. The first-order valence-corrected chi connectivity index (χ1v) is 12.2. The Bertz CT molecular complexity index is 1470. The zero-order chi connectivity index (χ0) is 25.7. The van der Waals surface area contributed by atoms with Crippen LogP contribution in [0.1, 0.15) is 5.56 Å². The van der Waals surface area contributed by atoms with Crippen molar-refractivity contribution >= 4 is 62.5 Å². The van der Waals surface area contributed by atoms with E-state index < -0.39 is 10.8 Å². The summed E-state index contributed by atoms with van der Waals surface area (Å²) < 4.78 is 11.7. The van der Waals surface area contributed by atoms with Crippen LogP contribution in [0.4, 0.5) is 17.1 Å². The summed E-state index contributed by atoms with van der Waals surface area (Å²) in [5.41, 5.74) is 1.81. The molecule has 184 valence electrons. The minimum Gasteiger partial charge on any atom is -0.504 e. The molecule has 12 heteroatoms. The SMILES string of the molecule is COc1ccc(NC(=O)CSc2nc3ccc(N=Cc4cccc(OC)c4O)cc3s2)c([N+](=O)[O-])c1. The highest BCUT2D eigenvalue weighted by Gasteiger charge is 2.18. The molecule has 10 nitrogen and oxygen atoms in total. The summed E-state index contributed by atoms with van der Waals surface area (Å²) in [4.78, 5) is 32.1. The first-order chi connectivity index (χ1) is 17.4. The van der Waals surface area contributed by atoms with Crippen molar-refractivity contribution < 1.29 is 24.3 Å². The van der Waals surface area contributed by atoms with Gasteiger partial charge < -0.3 is 19.9 Å². The number of anilines is 1. The number of nitrogens with zero attached hydrogens (tertiary/aromatic N) is 3. The molecular formula is C24H20N4O6S2. The van der Waals surface area contributed by atoms with Crippen LogP contribution < -0.4 is 14.8 Å². The Morgan fingerprint density at radius 3 is 2.81 bits per heavy atom. The Balaban J connectivity index is 1.42. The molecule has 0 fully saturated rings. The summed E-state index contributed by atoms with van der Waals surface area (Å²) in [6.45, 7) is 0. The molecule has 0 aliphatic rings. The molecule has 3 aromatic carbocycles. The monoisotopic (exact) mass is 524 g/mol. The second-order valence-corrected chi connectivity index (χ2v) is 9.52. The lowest BCUT2D eigenvalue weighted by Gasteiger charge is -2.07. The van der Waals surface area contributed by atoms with Crippen molar-refractivity contribution in [2.24, 2.45) is 4.99 Å². The fraction of sp³-hybridized carbons (Fsp3) is 0.125. The van der Waals surface area contributed by atoms with Gasteiger partial charge >= 0.3 is 0 Å². The van der Waals surface area contributed by atoms with Crippen LogP contribution in [-0.4, -0.2) is 47.1 Å². The number of nitro groups is 1. The number of carbonyl (C=O) groups is 1. The van der Waals surface area contributed by atoms with Gasteiger partial charge in [-0.3, -0.25) is 19.9 Å². The molecular weight excluding hydrogens is 504 g/mol. The molecule has 0 bridgehead atoms. The third-order valence-electron chi connectivity index (χ3n) is 4.96. The Kier molecular flexibility index (Phi) is 7.66. The van der Waals surface area contributed by atoms with Gasteiger partial charge in [0.05, 0.1) is 46.9 Å². The minimum atomic E-state index is -0.575. The van der Waals surface area contributed by atoms with Gasteiger partial charge in [0.2, 0.25) is 5.91 Å². The molecule has 0 unspecified atom stereocenters. The molecule has 2 N–H and O–H groups in total. The second kappa shape index (κ2) is 11.1. The Labute approximate surface area is 213 Å². The second-order valence-electron chi connectivity index (χ2n) is 7.27. The number of aromatic hydroxyl groups is 1. The number of methoxy groups -OCH3 is 2. The number of hydrogen-bond acceptors (Lipinski definition) is 10. The van der Waals surface area contributed by atoms with E-state index in [-0.39, 0.29) is 22.9 Å². The van der Waals surface area contributed by atoms with Crippen molar-refractivity contribution in [1.29, 1.82) is 0 Å². The van der Waals surface area contributed by atoms with E-state index in [2.05, 4.69) is 15.3 Å². The number of aliphatic imine (C=N–C) groups is 1. The maximum absolute atomic E-state index is 12.4. The van der Waals surface area contributed by atoms with Crippen LogP contribution in [-0.2, 0) is 4.79 Å². The van der Waals surface area contributed by atoms with Gasteiger partial charge in [-0.2, -0.15) is 0 Å². The van der Waals surface area contributed by atoms with Crippen LogP contribution in [0.3, 0.4) is 0 Å². The molecule has 0 aliphatic carbocycles. The van der Waals surface area contributed by atoms with E-state index in [9.17, 15) is 20.0 Å². The summed E-state index contributed by atoms with van der Waals surface area (Å²) in [5.74, 6) is 0.343. The number of carbonyl (C=O) groups excluding carboxylic acids is 1. The Morgan fingerprint density at radius 2 is 2.06 bits per heavy atom. The van der Waals surface area contributed by atoms with E-state index >= 15 is 0 Å². The average Bonchev–Trinajstić information content (AvgIpc) is 3.29.